The van der Waals surface area contributed by atoms with E-state index < -0.39 is 0 Å². The van der Waals surface area contributed by atoms with Gasteiger partial charge in [0.25, 0.3) is 0 Å². The van der Waals surface area contributed by atoms with E-state index in [0.29, 0.717) is 16.4 Å². The Labute approximate surface area is 144 Å². The Kier molecular flexibility index (Phi) is 6.28. The van der Waals surface area contributed by atoms with E-state index in [0.717, 1.165) is 18.1 Å². The maximum atomic E-state index is 4.90. The first-order chi connectivity index (χ1) is 9.52. The lowest BCUT2D eigenvalue weighted by atomic mass is 10.1. The van der Waals surface area contributed by atoms with Gasteiger partial charge in [0.2, 0.25) is 0 Å². The summed E-state index contributed by atoms with van der Waals surface area (Å²) in [5, 5.41) is 4.24. The molecule has 1 aromatic heterocycles. The van der Waals surface area contributed by atoms with Crippen LogP contribution in [0, 0.1) is 9.49 Å². The molecule has 1 N–H and O–H groups in total. The molecule has 20 heavy (non-hydrogen) atoms. The third-order valence-electron chi connectivity index (χ3n) is 3.22. The quantitative estimate of drug-likeness (QED) is 0.734. The van der Waals surface area contributed by atoms with Crippen LogP contribution < -0.4 is 5.32 Å². The molecule has 2 heterocycles. The third kappa shape index (κ3) is 3.94. The van der Waals surface area contributed by atoms with Gasteiger partial charge < -0.3 is 5.32 Å². The van der Waals surface area contributed by atoms with Gasteiger partial charge in [0.15, 0.2) is 0 Å². The molecule has 0 aliphatic carbocycles. The highest BCUT2D eigenvalue weighted by molar-refractivity contribution is 14.1. The van der Waals surface area contributed by atoms with Gasteiger partial charge in [-0.2, -0.15) is 11.8 Å². The minimum Gasteiger partial charge on any atom is -0.372 e. The monoisotopic (exact) mass is 423 g/mol. The molecule has 0 saturated carbocycles. The van der Waals surface area contributed by atoms with Crippen LogP contribution >= 0.6 is 46.1 Å². The maximum Gasteiger partial charge on any atom is 0.145 e. The lowest BCUT2D eigenvalue weighted by molar-refractivity contribution is 0.626. The van der Waals surface area contributed by atoms with Crippen LogP contribution in [0.2, 0.25) is 0 Å². The highest BCUT2D eigenvalue weighted by Gasteiger charge is 2.28. The zero-order chi connectivity index (χ0) is 14.7. The number of aromatic nitrogens is 2. The number of rotatable bonds is 4. The van der Waals surface area contributed by atoms with Crippen LogP contribution in [0.5, 0.6) is 0 Å². The molecule has 3 nitrogen and oxygen atoms in total. The number of hydrogen-bond donors (Lipinski definition) is 1. The second-order valence-corrected chi connectivity index (χ2v) is 9.22. The molecule has 1 aromatic rings. The molecule has 2 unspecified atom stereocenters. The van der Waals surface area contributed by atoms with E-state index in [1.54, 1.807) is 0 Å². The van der Waals surface area contributed by atoms with Gasteiger partial charge in [-0.3, -0.25) is 0 Å². The zero-order valence-corrected chi connectivity index (χ0v) is 16.2. The summed E-state index contributed by atoms with van der Waals surface area (Å²) in [6, 6.07) is 0. The van der Waals surface area contributed by atoms with Crippen LogP contribution in [-0.2, 0) is 6.42 Å². The summed E-state index contributed by atoms with van der Waals surface area (Å²) in [6.45, 7) is 6.78. The molecule has 2 atom stereocenters. The molecule has 6 heteroatoms. The van der Waals surface area contributed by atoms with E-state index in [9.17, 15) is 0 Å². The SMILES string of the molecule is CNc1nc(C2SCCSC2C)nc(CC(C)C)c1I. The Bertz CT molecular complexity index is 468. The summed E-state index contributed by atoms with van der Waals surface area (Å²) in [5.74, 6) is 5.04. The van der Waals surface area contributed by atoms with Gasteiger partial charge in [-0.15, -0.1) is 11.8 Å². The van der Waals surface area contributed by atoms with Crippen LogP contribution in [0.15, 0.2) is 0 Å². The molecule has 0 spiro atoms. The summed E-state index contributed by atoms with van der Waals surface area (Å²) in [6.07, 6.45) is 1.02. The molecular weight excluding hydrogens is 401 g/mol. The van der Waals surface area contributed by atoms with Gasteiger partial charge in [0.1, 0.15) is 11.6 Å². The number of thioether (sulfide) groups is 2. The molecule has 0 bridgehead atoms. The standard InChI is InChI=1S/C14H22IN3S2/c1-8(2)7-10-11(15)13(16-4)18-14(17-10)12-9(3)19-5-6-20-12/h8-9,12H,5-7H2,1-4H3,(H,16,17,18). The average molecular weight is 423 g/mol. The fourth-order valence-electron chi connectivity index (χ4n) is 2.24. The summed E-state index contributed by atoms with van der Waals surface area (Å²) in [4.78, 5) is 9.67. The number of nitrogens with one attached hydrogen (secondary N) is 1. The van der Waals surface area contributed by atoms with Gasteiger partial charge in [0.05, 0.1) is 14.5 Å². The first kappa shape index (κ1) is 16.7. The Hall–Kier alpha value is 0.310. The van der Waals surface area contributed by atoms with Crippen LogP contribution in [0.25, 0.3) is 0 Å². The first-order valence-electron chi connectivity index (χ1n) is 7.00. The minimum atomic E-state index is 0.420. The van der Waals surface area contributed by atoms with E-state index in [2.05, 4.69) is 48.7 Å². The van der Waals surface area contributed by atoms with Crippen LogP contribution in [-0.4, -0.2) is 33.8 Å². The van der Waals surface area contributed by atoms with E-state index in [1.807, 2.05) is 30.6 Å². The van der Waals surface area contributed by atoms with Crippen molar-refractivity contribution < 1.29 is 0 Å². The lowest BCUT2D eigenvalue weighted by Gasteiger charge is -2.27. The van der Waals surface area contributed by atoms with E-state index >= 15 is 0 Å². The maximum absolute atomic E-state index is 4.90. The van der Waals surface area contributed by atoms with Crippen molar-refractivity contribution in [3.63, 3.8) is 0 Å². The predicted octanol–water partition coefficient (Wildman–Crippen LogP) is 4.23. The smallest absolute Gasteiger partial charge is 0.145 e. The summed E-state index contributed by atoms with van der Waals surface area (Å²) in [7, 11) is 1.94. The second kappa shape index (κ2) is 7.54. The molecule has 1 saturated heterocycles. The van der Waals surface area contributed by atoms with Crippen LogP contribution in [0.3, 0.4) is 0 Å². The topological polar surface area (TPSA) is 37.8 Å². The molecule has 1 fully saturated rings. The Morgan fingerprint density at radius 3 is 2.60 bits per heavy atom. The van der Waals surface area contributed by atoms with Gasteiger partial charge in [-0.25, -0.2) is 9.97 Å². The molecule has 112 valence electrons. The first-order valence-corrected chi connectivity index (χ1v) is 10.2. The second-order valence-electron chi connectivity index (χ2n) is 5.41. The molecular formula is C14H22IN3S2. The van der Waals surface area contributed by atoms with Crippen molar-refractivity contribution in [1.29, 1.82) is 0 Å². The minimum absolute atomic E-state index is 0.420. The third-order valence-corrected chi connectivity index (χ3v) is 7.44. The fourth-order valence-corrected chi connectivity index (χ4v) is 5.66. The average Bonchev–Trinajstić information content (AvgIpc) is 2.41. The van der Waals surface area contributed by atoms with E-state index in [-0.39, 0.29) is 0 Å². The van der Waals surface area contributed by atoms with Crippen LogP contribution in [0.4, 0.5) is 5.82 Å². The highest BCUT2D eigenvalue weighted by atomic mass is 127. The van der Waals surface area contributed by atoms with Crippen molar-refractivity contribution in [3.8, 4) is 0 Å². The summed E-state index contributed by atoms with van der Waals surface area (Å²) >= 11 is 6.40. The number of hydrogen-bond acceptors (Lipinski definition) is 5. The molecule has 0 aromatic carbocycles. The van der Waals surface area contributed by atoms with Crippen molar-refractivity contribution >= 4 is 51.9 Å². The van der Waals surface area contributed by atoms with Gasteiger partial charge >= 0.3 is 0 Å². The number of anilines is 1. The fraction of sp³-hybridized carbons (Fsp3) is 0.714. The number of halogens is 1. The van der Waals surface area contributed by atoms with E-state index in [1.165, 1.54) is 20.8 Å². The lowest BCUT2D eigenvalue weighted by Crippen LogP contribution is -2.20. The van der Waals surface area contributed by atoms with Crippen molar-refractivity contribution in [2.24, 2.45) is 5.92 Å². The number of nitrogens with zero attached hydrogens (tertiary/aromatic N) is 2. The zero-order valence-electron chi connectivity index (χ0n) is 12.4. The van der Waals surface area contributed by atoms with Crippen molar-refractivity contribution in [2.75, 3.05) is 23.9 Å². The highest BCUT2D eigenvalue weighted by Crippen LogP contribution is 2.41. The Morgan fingerprint density at radius 1 is 1.30 bits per heavy atom. The molecule has 0 radical (unpaired) electrons. The van der Waals surface area contributed by atoms with Crippen molar-refractivity contribution in [3.05, 3.63) is 15.1 Å². The van der Waals surface area contributed by atoms with Crippen molar-refractivity contribution in [2.45, 2.75) is 37.7 Å². The normalized spacial score (nSPS) is 23.1. The van der Waals surface area contributed by atoms with Crippen LogP contribution in [0.1, 0.15) is 37.5 Å². The van der Waals surface area contributed by atoms with E-state index in [4.69, 9.17) is 9.97 Å². The molecule has 0 amide bonds. The van der Waals surface area contributed by atoms with Gasteiger partial charge in [-0.05, 0) is 34.9 Å². The molecule has 2 rings (SSSR count). The summed E-state index contributed by atoms with van der Waals surface area (Å²) < 4.78 is 1.17. The van der Waals surface area contributed by atoms with Gasteiger partial charge in [0, 0.05) is 23.8 Å². The van der Waals surface area contributed by atoms with Crippen molar-refractivity contribution in [1.82, 2.24) is 9.97 Å². The Balaban J connectivity index is 2.37. The summed E-state index contributed by atoms with van der Waals surface area (Å²) in [5.41, 5.74) is 1.19. The Morgan fingerprint density at radius 2 is 2.00 bits per heavy atom. The molecule has 1 aliphatic heterocycles. The van der Waals surface area contributed by atoms with Gasteiger partial charge in [-0.1, -0.05) is 20.8 Å². The largest absolute Gasteiger partial charge is 0.372 e. The predicted molar refractivity (Wildman–Crippen MR) is 100.0 cm³/mol. The molecule has 1 aliphatic rings.